The lowest BCUT2D eigenvalue weighted by molar-refractivity contribution is 0.661. The minimum Gasteiger partial charge on any atom is -0.265 e. The zero-order valence-corrected chi connectivity index (χ0v) is 73.6. The Balaban J connectivity index is 0.000000109. The van der Waals surface area contributed by atoms with Crippen molar-refractivity contribution in [3.05, 3.63) is 459 Å². The summed E-state index contributed by atoms with van der Waals surface area (Å²) in [5.41, 5.74) is 41.4. The summed E-state index contributed by atoms with van der Waals surface area (Å²) < 4.78 is 0. The van der Waals surface area contributed by atoms with E-state index in [1.807, 2.05) is 49.1 Å². The summed E-state index contributed by atoms with van der Waals surface area (Å²) in [6, 6.07) is 144. The molecule has 0 aliphatic heterocycles. The summed E-state index contributed by atoms with van der Waals surface area (Å²) in [5.74, 6) is 0. The van der Waals surface area contributed by atoms with Crippen LogP contribution in [0.1, 0.15) is 74.9 Å². The van der Waals surface area contributed by atoms with Crippen LogP contribution in [0.2, 0.25) is 0 Å². The first-order valence-corrected chi connectivity index (χ1v) is 45.3. The molecule has 0 saturated heterocycles. The maximum absolute atomic E-state index is 5.34. The Morgan fingerprint density at radius 1 is 0.198 bits per heavy atom. The predicted octanol–water partition coefficient (Wildman–Crippen LogP) is 32.6. The van der Waals surface area contributed by atoms with Gasteiger partial charge in [0, 0.05) is 95.8 Å². The molecule has 131 heavy (non-hydrogen) atoms. The molecular weight excluding hydrogens is 1590 g/mol. The van der Waals surface area contributed by atoms with E-state index >= 15 is 0 Å². The average molecular weight is 1670 g/mol. The topological polar surface area (TPSA) is 77.3 Å². The van der Waals surface area contributed by atoms with Crippen LogP contribution in [0.4, 0.5) is 0 Å². The zero-order valence-electron chi connectivity index (χ0n) is 73.6. The first-order valence-electron chi connectivity index (χ1n) is 45.3. The van der Waals surface area contributed by atoms with Crippen molar-refractivity contribution >= 4 is 86.8 Å². The second-order valence-electron chi connectivity index (χ2n) is 36.7. The summed E-state index contributed by atoms with van der Waals surface area (Å²) in [6.07, 6.45) is 7.51. The highest BCUT2D eigenvalue weighted by Gasteiger charge is 2.43. The van der Waals surface area contributed by atoms with Crippen LogP contribution < -0.4 is 0 Å². The summed E-state index contributed by atoms with van der Waals surface area (Å²) in [6.45, 7) is 14.1. The van der Waals surface area contributed by atoms with E-state index in [1.165, 1.54) is 188 Å². The zero-order chi connectivity index (χ0) is 87.8. The average Bonchev–Trinajstić information content (AvgIpc) is 1.57. The third-order valence-corrected chi connectivity index (χ3v) is 28.1. The van der Waals surface area contributed by atoms with Gasteiger partial charge in [0.2, 0.25) is 0 Å². The normalized spacial score (nSPS) is 13.3. The van der Waals surface area contributed by atoms with E-state index in [4.69, 9.17) is 15.0 Å². The third-order valence-electron chi connectivity index (χ3n) is 28.1. The van der Waals surface area contributed by atoms with Gasteiger partial charge in [0.1, 0.15) is 0 Å². The lowest BCUT2D eigenvalue weighted by atomic mass is 9.78. The lowest BCUT2D eigenvalue weighted by Crippen LogP contribution is -2.16. The fourth-order valence-corrected chi connectivity index (χ4v) is 21.6. The van der Waals surface area contributed by atoms with E-state index in [1.54, 1.807) is 0 Å². The molecule has 0 fully saturated rings. The predicted molar refractivity (Wildman–Crippen MR) is 548 cm³/mol. The number of aromatic nitrogens is 6. The van der Waals surface area contributed by atoms with Crippen LogP contribution in [0.3, 0.4) is 0 Å². The molecule has 0 spiro atoms. The van der Waals surface area contributed by atoms with Crippen molar-refractivity contribution in [1.29, 1.82) is 0 Å². The minimum atomic E-state index is -0.176. The summed E-state index contributed by atoms with van der Waals surface area (Å²) >= 11 is 0. The summed E-state index contributed by atoms with van der Waals surface area (Å²) in [4.78, 5) is 29.5. The van der Waals surface area contributed by atoms with Crippen molar-refractivity contribution in [2.24, 2.45) is 0 Å². The molecule has 0 saturated carbocycles. The molecule has 0 atom stereocenters. The number of nitrogens with zero attached hydrogens (tertiary/aromatic N) is 6. The smallest absolute Gasteiger partial charge is 0.0780 e. The highest BCUT2D eigenvalue weighted by Crippen LogP contribution is 2.58. The van der Waals surface area contributed by atoms with Gasteiger partial charge in [-0.25, -0.2) is 15.0 Å². The number of benzene rings is 17. The van der Waals surface area contributed by atoms with Gasteiger partial charge in [-0.2, -0.15) is 0 Å². The van der Waals surface area contributed by atoms with Crippen molar-refractivity contribution in [3.8, 4) is 134 Å². The Bertz CT molecular complexity index is 8540. The molecule has 6 heterocycles. The number of hydrogen-bond acceptors (Lipinski definition) is 6. The van der Waals surface area contributed by atoms with Gasteiger partial charge in [-0.15, -0.1) is 0 Å². The summed E-state index contributed by atoms with van der Waals surface area (Å²) in [7, 11) is 0. The number of rotatable bonds is 9. The molecule has 0 bridgehead atoms. The maximum Gasteiger partial charge on any atom is 0.0780 e. The van der Waals surface area contributed by atoms with Crippen LogP contribution in [0.15, 0.2) is 425 Å². The molecule has 3 aliphatic rings. The number of para-hydroxylation sites is 2. The molecule has 3 aliphatic carbocycles. The monoisotopic (exact) mass is 1670 g/mol. The third kappa shape index (κ3) is 13.1. The van der Waals surface area contributed by atoms with Gasteiger partial charge in [-0.1, -0.05) is 393 Å². The first kappa shape index (κ1) is 78.2. The number of pyridine rings is 6. The van der Waals surface area contributed by atoms with Crippen molar-refractivity contribution < 1.29 is 0 Å². The first-order chi connectivity index (χ1) is 64.2. The molecule has 17 aromatic carbocycles. The van der Waals surface area contributed by atoms with E-state index in [0.29, 0.717) is 0 Å². The van der Waals surface area contributed by atoms with Crippen LogP contribution in [-0.2, 0) is 16.2 Å². The molecule has 6 nitrogen and oxygen atoms in total. The Labute approximate surface area is 761 Å². The largest absolute Gasteiger partial charge is 0.265 e. The SMILES string of the molecule is CC1(C)c2ccccc2-c2nc3ccc4ccccc4c3c(-c3ccc(-c4ccc(-c5cccc6cccnc56)cc4)cc3)c21.CC1(C)c2ccccc2-c2nc3ccc4ccccc4c3c(-c3ccc(-c4ccc(-c5ccncc5)cc4)cc3)c21.CC1(C)c2ccccc2-c2nc3ccc4ccccc4c3c(-c3ccc(-c4ccc(-c5cnc6ccccc6c5)cc4)cc3)c21. The highest BCUT2D eigenvalue weighted by molar-refractivity contribution is 6.19. The second-order valence-corrected chi connectivity index (χ2v) is 36.7. The molecule has 26 rings (SSSR count). The molecule has 6 aromatic heterocycles. The van der Waals surface area contributed by atoms with Crippen LogP contribution >= 0.6 is 0 Å². The van der Waals surface area contributed by atoms with Gasteiger partial charge >= 0.3 is 0 Å². The van der Waals surface area contributed by atoms with E-state index < -0.39 is 0 Å². The molecule has 0 amide bonds. The van der Waals surface area contributed by atoms with Crippen molar-refractivity contribution in [1.82, 2.24) is 29.9 Å². The fourth-order valence-electron chi connectivity index (χ4n) is 21.6. The van der Waals surface area contributed by atoms with Crippen molar-refractivity contribution in [2.75, 3.05) is 0 Å². The Kier molecular flexibility index (Phi) is 18.5. The molecule has 6 heteroatoms. The Morgan fingerprint density at radius 3 is 0.885 bits per heavy atom. The molecule has 0 radical (unpaired) electrons. The highest BCUT2D eigenvalue weighted by atomic mass is 14.8. The van der Waals surface area contributed by atoms with Gasteiger partial charge < -0.3 is 0 Å². The van der Waals surface area contributed by atoms with Gasteiger partial charge in [-0.3, -0.25) is 15.0 Å². The lowest BCUT2D eigenvalue weighted by Gasteiger charge is -2.25. The van der Waals surface area contributed by atoms with Gasteiger partial charge in [0.25, 0.3) is 0 Å². The van der Waals surface area contributed by atoms with Gasteiger partial charge in [-0.05, 0) is 203 Å². The van der Waals surface area contributed by atoms with Crippen LogP contribution in [0.5, 0.6) is 0 Å². The van der Waals surface area contributed by atoms with Crippen LogP contribution in [0.25, 0.3) is 221 Å². The van der Waals surface area contributed by atoms with E-state index in [9.17, 15) is 0 Å². The number of hydrogen-bond donors (Lipinski definition) is 0. The van der Waals surface area contributed by atoms with Gasteiger partial charge in [0.15, 0.2) is 0 Å². The van der Waals surface area contributed by atoms with E-state index in [-0.39, 0.29) is 16.2 Å². The quantitative estimate of drug-likeness (QED) is 0.134. The Hall–Kier alpha value is -16.3. The number of fused-ring (bicyclic) bond motifs is 20. The minimum absolute atomic E-state index is 0.166. The standard InChI is InChI=1S/2C43H30N2.C39H28N2/c1-43(2)36-13-7-6-12-35(36)42-41(43)39(40-34-11-5-3-9-30(34)23-24-38(40)45-42)31-21-19-28(20-22-31)27-15-17-29(18-16-27)33-25-32-10-4-8-14-37(32)44-26-33;1-43(2)36-15-6-5-13-35(36)42-40(43)38(39-33-12-4-3-9-29(33)24-25-37(39)45-42)31-22-18-28(19-23-31)27-16-20-30(21-17-27)34-14-7-10-32-11-8-26-44-41(32)34;1-39(2)33-10-6-5-9-32(33)38-37(39)35(36-31-8-4-3-7-29(31)19-20-34(36)41-38)30-17-15-26(16-18-30)25-11-13-27(14-12-25)28-21-23-40-24-22-28/h2*3-26H,1-2H3;3-24H,1-2H3. The summed E-state index contributed by atoms with van der Waals surface area (Å²) in [5, 5.41) is 13.5. The van der Waals surface area contributed by atoms with Crippen molar-refractivity contribution in [2.45, 2.75) is 57.8 Å². The van der Waals surface area contributed by atoms with E-state index in [0.717, 1.165) is 66.6 Å². The molecule has 23 aromatic rings. The van der Waals surface area contributed by atoms with Gasteiger partial charge in [0.05, 0.1) is 44.7 Å². The molecule has 618 valence electrons. The molecule has 0 N–H and O–H groups in total. The fraction of sp³-hybridized carbons (Fsp3) is 0.0720. The molecule has 0 unspecified atom stereocenters. The van der Waals surface area contributed by atoms with Crippen molar-refractivity contribution in [3.63, 3.8) is 0 Å². The second kappa shape index (κ2) is 31.0. The van der Waals surface area contributed by atoms with Crippen LogP contribution in [-0.4, -0.2) is 29.9 Å². The van der Waals surface area contributed by atoms with E-state index in [2.05, 4.69) is 433 Å². The molecular formula is C125H88N6. The van der Waals surface area contributed by atoms with Crippen LogP contribution in [0, 0.1) is 0 Å². The maximum atomic E-state index is 5.34. The Morgan fingerprint density at radius 2 is 0.496 bits per heavy atom.